The number of nitriles is 1. The molecule has 1 N–H and O–H groups in total. The topological polar surface area (TPSA) is 101 Å². The van der Waals surface area contributed by atoms with Crippen molar-refractivity contribution in [3.63, 3.8) is 0 Å². The Kier molecular flexibility index (Phi) is 6.81. The van der Waals surface area contributed by atoms with Crippen LogP contribution < -0.4 is 5.32 Å². The van der Waals surface area contributed by atoms with Gasteiger partial charge in [-0.3, -0.25) is 9.78 Å². The van der Waals surface area contributed by atoms with Gasteiger partial charge in [0.2, 0.25) is 0 Å². The van der Waals surface area contributed by atoms with Crippen LogP contribution in [0.15, 0.2) is 46.4 Å². The minimum Gasteiger partial charge on any atom is -0.468 e. The van der Waals surface area contributed by atoms with Gasteiger partial charge in [0.25, 0.3) is 0 Å². The average molecular weight is 373 g/mol. The Bertz CT molecular complexity index is 796. The summed E-state index contributed by atoms with van der Waals surface area (Å²) in [6.45, 7) is 3.70. The van der Waals surface area contributed by atoms with Crippen molar-refractivity contribution in [2.75, 3.05) is 19.5 Å². The first-order valence-corrected chi connectivity index (χ1v) is 8.90. The van der Waals surface area contributed by atoms with Crippen molar-refractivity contribution in [1.29, 1.82) is 5.26 Å². The molecule has 7 nitrogen and oxygen atoms in total. The number of carbonyl (C=O) groups excluding carboxylic acids is 2. The molecule has 1 aromatic heterocycles. The second-order valence-electron chi connectivity index (χ2n) is 5.32. The second kappa shape index (κ2) is 9.06. The van der Waals surface area contributed by atoms with Crippen LogP contribution in [0.1, 0.15) is 25.3 Å². The number of ether oxygens (including phenoxy) is 2. The average Bonchev–Trinajstić information content (AvgIpc) is 2.66. The summed E-state index contributed by atoms with van der Waals surface area (Å²) in [5, 5.41) is 13.3. The van der Waals surface area contributed by atoms with E-state index in [1.165, 1.54) is 7.11 Å². The van der Waals surface area contributed by atoms with Crippen molar-refractivity contribution >= 4 is 23.7 Å². The van der Waals surface area contributed by atoms with E-state index in [9.17, 15) is 14.9 Å². The van der Waals surface area contributed by atoms with E-state index in [-0.39, 0.29) is 12.4 Å². The van der Waals surface area contributed by atoms with Crippen LogP contribution in [0.25, 0.3) is 0 Å². The van der Waals surface area contributed by atoms with Gasteiger partial charge in [-0.1, -0.05) is 11.8 Å². The molecule has 2 rings (SSSR count). The van der Waals surface area contributed by atoms with E-state index in [2.05, 4.69) is 21.1 Å². The number of allylic oxidation sites excluding steroid dienone is 2. The minimum absolute atomic E-state index is 0.0507. The number of nitrogens with one attached hydrogen (secondary N) is 1. The number of methoxy groups -OCH3 is 1. The summed E-state index contributed by atoms with van der Waals surface area (Å²) in [6, 6.07) is 5.68. The van der Waals surface area contributed by atoms with Gasteiger partial charge < -0.3 is 14.8 Å². The van der Waals surface area contributed by atoms with Gasteiger partial charge in [0, 0.05) is 18.1 Å². The van der Waals surface area contributed by atoms with Crippen LogP contribution in [0.2, 0.25) is 0 Å². The molecule has 0 radical (unpaired) electrons. The number of carbonyl (C=O) groups is 2. The first kappa shape index (κ1) is 19.5. The maximum Gasteiger partial charge on any atom is 0.336 e. The van der Waals surface area contributed by atoms with E-state index >= 15 is 0 Å². The molecule has 0 amide bonds. The fourth-order valence-corrected chi connectivity index (χ4v) is 3.51. The first-order valence-electron chi connectivity index (χ1n) is 7.92. The van der Waals surface area contributed by atoms with Crippen LogP contribution in [0, 0.1) is 11.3 Å². The molecule has 2 heterocycles. The van der Waals surface area contributed by atoms with E-state index in [4.69, 9.17) is 4.74 Å². The predicted octanol–water partition coefficient (Wildman–Crippen LogP) is 2.25. The predicted molar refractivity (Wildman–Crippen MR) is 96.6 cm³/mol. The van der Waals surface area contributed by atoms with Gasteiger partial charge in [-0.05, 0) is 31.5 Å². The number of aromatic nitrogens is 1. The van der Waals surface area contributed by atoms with E-state index in [0.29, 0.717) is 21.9 Å². The normalized spacial score (nSPS) is 16.6. The highest BCUT2D eigenvalue weighted by molar-refractivity contribution is 8.03. The van der Waals surface area contributed by atoms with Crippen molar-refractivity contribution in [3.8, 4) is 6.07 Å². The van der Waals surface area contributed by atoms with Crippen molar-refractivity contribution in [1.82, 2.24) is 10.3 Å². The molecule has 0 bridgehead atoms. The zero-order chi connectivity index (χ0) is 19.1. The third-order valence-corrected chi connectivity index (χ3v) is 4.73. The number of rotatable bonds is 6. The van der Waals surface area contributed by atoms with Crippen molar-refractivity contribution in [2.45, 2.75) is 19.8 Å². The molecule has 26 heavy (non-hydrogen) atoms. The molecular weight excluding hydrogens is 354 g/mol. The fraction of sp³-hybridized carbons (Fsp3) is 0.333. The van der Waals surface area contributed by atoms with Crippen LogP contribution in [-0.2, 0) is 19.1 Å². The number of pyridine rings is 1. The summed E-state index contributed by atoms with van der Waals surface area (Å²) in [4.78, 5) is 28.0. The molecule has 1 atom stereocenters. The van der Waals surface area contributed by atoms with Crippen molar-refractivity contribution < 1.29 is 19.1 Å². The Hall–Kier alpha value is -2.79. The number of thioether (sulfide) groups is 1. The highest BCUT2D eigenvalue weighted by Gasteiger charge is 2.35. The van der Waals surface area contributed by atoms with Crippen LogP contribution in [0.3, 0.4) is 0 Å². The third kappa shape index (κ3) is 4.24. The first-order chi connectivity index (χ1) is 12.5. The molecule has 136 valence electrons. The van der Waals surface area contributed by atoms with Crippen LogP contribution >= 0.6 is 11.8 Å². The molecule has 1 aliphatic heterocycles. The lowest BCUT2D eigenvalue weighted by Gasteiger charge is -2.29. The molecular formula is C18H19N3O4S. The summed E-state index contributed by atoms with van der Waals surface area (Å²) in [6.07, 6.45) is 3.21. The zero-order valence-corrected chi connectivity index (χ0v) is 15.6. The fourth-order valence-electron chi connectivity index (χ4n) is 2.59. The summed E-state index contributed by atoms with van der Waals surface area (Å²) >= 11 is 1.16. The van der Waals surface area contributed by atoms with Gasteiger partial charge in [0.1, 0.15) is 0 Å². The second-order valence-corrected chi connectivity index (χ2v) is 6.30. The lowest BCUT2D eigenvalue weighted by atomic mass is 9.83. The molecule has 1 aromatic rings. The Morgan fingerprint density at radius 2 is 2.08 bits per heavy atom. The van der Waals surface area contributed by atoms with Gasteiger partial charge in [0.05, 0.1) is 47.6 Å². The molecule has 0 spiro atoms. The van der Waals surface area contributed by atoms with Crippen LogP contribution in [-0.4, -0.2) is 36.4 Å². The molecule has 0 saturated heterocycles. The van der Waals surface area contributed by atoms with Crippen molar-refractivity contribution in [3.05, 3.63) is 52.0 Å². The molecule has 1 unspecified atom stereocenters. The Morgan fingerprint density at radius 3 is 2.65 bits per heavy atom. The van der Waals surface area contributed by atoms with Crippen LogP contribution in [0.5, 0.6) is 0 Å². The monoisotopic (exact) mass is 373 g/mol. The molecule has 8 heteroatoms. The maximum atomic E-state index is 12.5. The highest BCUT2D eigenvalue weighted by atomic mass is 32.2. The number of dihydropyridines is 1. The van der Waals surface area contributed by atoms with Crippen molar-refractivity contribution in [2.24, 2.45) is 0 Å². The van der Waals surface area contributed by atoms with E-state index in [0.717, 1.165) is 17.3 Å². The van der Waals surface area contributed by atoms with E-state index in [1.54, 1.807) is 38.4 Å². The number of esters is 2. The largest absolute Gasteiger partial charge is 0.468 e. The number of hydrogen-bond donors (Lipinski definition) is 1. The molecule has 0 aromatic carbocycles. The summed E-state index contributed by atoms with van der Waals surface area (Å²) in [7, 11) is 1.31. The van der Waals surface area contributed by atoms with Gasteiger partial charge in [-0.2, -0.15) is 5.26 Å². The summed E-state index contributed by atoms with van der Waals surface area (Å²) in [5.41, 5.74) is 2.05. The molecule has 1 aliphatic rings. The standard InChI is InChI=1S/C18H19N3O4S/c1-4-25-18(23)15-11(2)21-17(26-10-14(22)24-3)13(9-19)16(15)12-5-7-20-8-6-12/h5-8,16,21H,4,10H2,1-3H3. The van der Waals surface area contributed by atoms with Gasteiger partial charge in [-0.15, -0.1) is 0 Å². The quantitative estimate of drug-likeness (QED) is 0.758. The van der Waals surface area contributed by atoms with E-state index < -0.39 is 17.9 Å². The van der Waals surface area contributed by atoms with Gasteiger partial charge in [0.15, 0.2) is 0 Å². The molecule has 0 saturated carbocycles. The van der Waals surface area contributed by atoms with Gasteiger partial charge >= 0.3 is 11.9 Å². The minimum atomic E-state index is -0.594. The van der Waals surface area contributed by atoms with Gasteiger partial charge in [-0.25, -0.2) is 4.79 Å². The molecule has 0 aliphatic carbocycles. The highest BCUT2D eigenvalue weighted by Crippen LogP contribution is 2.40. The lowest BCUT2D eigenvalue weighted by Crippen LogP contribution is -2.29. The zero-order valence-electron chi connectivity index (χ0n) is 14.7. The number of hydrogen-bond acceptors (Lipinski definition) is 8. The van der Waals surface area contributed by atoms with E-state index in [1.807, 2.05) is 0 Å². The summed E-state index contributed by atoms with van der Waals surface area (Å²) < 4.78 is 9.83. The van der Waals surface area contributed by atoms with Crippen LogP contribution in [0.4, 0.5) is 0 Å². The number of nitrogens with zero attached hydrogens (tertiary/aromatic N) is 2. The Morgan fingerprint density at radius 1 is 1.38 bits per heavy atom. The Labute approximate surface area is 156 Å². The lowest BCUT2D eigenvalue weighted by molar-refractivity contribution is -0.139. The molecule has 0 fully saturated rings. The summed E-state index contributed by atoms with van der Waals surface area (Å²) in [5.74, 6) is -1.43. The smallest absolute Gasteiger partial charge is 0.336 e. The SMILES string of the molecule is CCOC(=O)C1=C(C)NC(SCC(=O)OC)=C(C#N)C1c1ccncc1. The maximum absolute atomic E-state index is 12.5. The Balaban J connectivity index is 2.51. The third-order valence-electron chi connectivity index (χ3n) is 3.74.